The molecule has 1 fully saturated rings. The van der Waals surface area contributed by atoms with Crippen molar-refractivity contribution in [3.8, 4) is 0 Å². The Kier molecular flexibility index (Phi) is 7.18. The van der Waals surface area contributed by atoms with E-state index < -0.39 is 17.8 Å². The van der Waals surface area contributed by atoms with Gasteiger partial charge >= 0.3 is 5.97 Å². The van der Waals surface area contributed by atoms with Gasteiger partial charge in [0.25, 0.3) is 0 Å². The minimum atomic E-state index is -1.01. The number of carbonyl (C=O) groups is 2. The molecule has 1 saturated heterocycles. The molecule has 1 unspecified atom stereocenters. The van der Waals surface area contributed by atoms with Crippen LogP contribution in [0.15, 0.2) is 24.3 Å². The Hall–Kier alpha value is -1.95. The highest BCUT2D eigenvalue weighted by Crippen LogP contribution is 2.21. The van der Waals surface area contributed by atoms with E-state index in [9.17, 15) is 14.0 Å². The Morgan fingerprint density at radius 2 is 1.92 bits per heavy atom. The molecule has 2 rings (SSSR count). The van der Waals surface area contributed by atoms with Crippen LogP contribution in [0.5, 0.6) is 0 Å². The van der Waals surface area contributed by atoms with Crippen molar-refractivity contribution >= 4 is 11.9 Å². The number of hydrogen-bond acceptors (Lipinski definition) is 3. The van der Waals surface area contributed by atoms with Crippen LogP contribution in [0, 0.1) is 11.7 Å². The van der Waals surface area contributed by atoms with Crippen LogP contribution in [-0.4, -0.2) is 30.2 Å². The summed E-state index contributed by atoms with van der Waals surface area (Å²) in [7, 11) is 0. The molecule has 24 heavy (non-hydrogen) atoms. The Labute approximate surface area is 141 Å². The number of halogens is 1. The standard InChI is InChI=1S/C18H24FNO4/c19-15-6-4-14(5-7-15)16(12-18(22)23)20-17(21)3-1-2-13-8-10-24-11-9-13/h4-7,13,16H,1-3,8-12H2,(H,20,21)(H,22,23). The van der Waals surface area contributed by atoms with E-state index in [1.807, 2.05) is 0 Å². The molecule has 0 spiro atoms. The minimum Gasteiger partial charge on any atom is -0.481 e. The molecule has 5 nitrogen and oxygen atoms in total. The van der Waals surface area contributed by atoms with E-state index in [4.69, 9.17) is 9.84 Å². The molecule has 1 aliphatic heterocycles. The van der Waals surface area contributed by atoms with Crippen LogP contribution in [-0.2, 0) is 14.3 Å². The van der Waals surface area contributed by atoms with E-state index in [0.29, 0.717) is 17.9 Å². The molecule has 2 N–H and O–H groups in total. The molecule has 1 aliphatic rings. The second-order valence-electron chi connectivity index (χ2n) is 6.22. The van der Waals surface area contributed by atoms with Crippen molar-refractivity contribution in [1.29, 1.82) is 0 Å². The number of ether oxygens (including phenoxy) is 1. The van der Waals surface area contributed by atoms with Gasteiger partial charge in [0.15, 0.2) is 0 Å². The molecular formula is C18H24FNO4. The molecule has 0 radical (unpaired) electrons. The van der Waals surface area contributed by atoms with E-state index >= 15 is 0 Å². The number of carbonyl (C=O) groups excluding carboxylic acids is 1. The fourth-order valence-corrected chi connectivity index (χ4v) is 2.97. The Morgan fingerprint density at radius 1 is 1.25 bits per heavy atom. The van der Waals surface area contributed by atoms with Gasteiger partial charge in [0, 0.05) is 19.6 Å². The third kappa shape index (κ3) is 6.28. The summed E-state index contributed by atoms with van der Waals surface area (Å²) >= 11 is 0. The van der Waals surface area contributed by atoms with Gasteiger partial charge in [0.05, 0.1) is 12.5 Å². The molecule has 1 aromatic carbocycles. The van der Waals surface area contributed by atoms with Gasteiger partial charge in [-0.25, -0.2) is 4.39 Å². The van der Waals surface area contributed by atoms with Gasteiger partial charge in [-0.2, -0.15) is 0 Å². The predicted molar refractivity (Wildman–Crippen MR) is 86.9 cm³/mol. The maximum Gasteiger partial charge on any atom is 0.305 e. The van der Waals surface area contributed by atoms with Gasteiger partial charge in [-0.15, -0.1) is 0 Å². The topological polar surface area (TPSA) is 75.6 Å². The summed E-state index contributed by atoms with van der Waals surface area (Å²) in [5, 5.41) is 11.8. The first-order valence-corrected chi connectivity index (χ1v) is 8.39. The first kappa shape index (κ1) is 18.4. The fourth-order valence-electron chi connectivity index (χ4n) is 2.97. The normalized spacial score (nSPS) is 16.5. The lowest BCUT2D eigenvalue weighted by molar-refractivity contribution is -0.137. The second-order valence-corrected chi connectivity index (χ2v) is 6.22. The number of nitrogens with one attached hydrogen (secondary N) is 1. The molecule has 0 aromatic heterocycles. The SMILES string of the molecule is O=C(O)CC(NC(=O)CCCC1CCOCC1)c1ccc(F)cc1. The molecule has 1 atom stereocenters. The van der Waals surface area contributed by atoms with E-state index in [0.717, 1.165) is 38.9 Å². The third-order valence-electron chi connectivity index (χ3n) is 4.34. The summed E-state index contributed by atoms with van der Waals surface area (Å²) in [6, 6.07) is 4.90. The average Bonchev–Trinajstić information content (AvgIpc) is 2.55. The van der Waals surface area contributed by atoms with Crippen molar-refractivity contribution in [3.05, 3.63) is 35.6 Å². The van der Waals surface area contributed by atoms with Crippen LogP contribution >= 0.6 is 0 Å². The summed E-state index contributed by atoms with van der Waals surface area (Å²) in [6.07, 6.45) is 3.99. The molecule has 1 aromatic rings. The minimum absolute atomic E-state index is 0.169. The predicted octanol–water partition coefficient (Wildman–Crippen LogP) is 3.05. The zero-order valence-corrected chi connectivity index (χ0v) is 13.7. The molecule has 0 aliphatic carbocycles. The molecule has 1 amide bonds. The number of carboxylic acids is 1. The molecular weight excluding hydrogens is 313 g/mol. The van der Waals surface area contributed by atoms with E-state index in [1.54, 1.807) is 0 Å². The lowest BCUT2D eigenvalue weighted by Crippen LogP contribution is -2.30. The highest BCUT2D eigenvalue weighted by molar-refractivity contribution is 5.77. The van der Waals surface area contributed by atoms with Crippen molar-refractivity contribution < 1.29 is 23.8 Å². The Morgan fingerprint density at radius 3 is 2.54 bits per heavy atom. The highest BCUT2D eigenvalue weighted by Gasteiger charge is 2.19. The maximum atomic E-state index is 13.0. The molecule has 0 bridgehead atoms. The zero-order valence-electron chi connectivity index (χ0n) is 13.7. The average molecular weight is 337 g/mol. The van der Waals surface area contributed by atoms with Gasteiger partial charge in [-0.05, 0) is 49.3 Å². The van der Waals surface area contributed by atoms with Crippen LogP contribution in [0.4, 0.5) is 4.39 Å². The second kappa shape index (κ2) is 9.37. The molecule has 1 heterocycles. The van der Waals surface area contributed by atoms with Crippen LogP contribution in [0.3, 0.4) is 0 Å². The summed E-state index contributed by atoms with van der Waals surface area (Å²) in [6.45, 7) is 1.59. The van der Waals surface area contributed by atoms with Crippen molar-refractivity contribution in [2.45, 2.75) is 44.6 Å². The fraction of sp³-hybridized carbons (Fsp3) is 0.556. The van der Waals surface area contributed by atoms with Crippen LogP contribution in [0.1, 0.15) is 50.1 Å². The quantitative estimate of drug-likeness (QED) is 0.764. The van der Waals surface area contributed by atoms with Crippen molar-refractivity contribution in [1.82, 2.24) is 5.32 Å². The lowest BCUT2D eigenvalue weighted by Gasteiger charge is -2.22. The van der Waals surface area contributed by atoms with Crippen LogP contribution in [0.25, 0.3) is 0 Å². The number of hydrogen-bond donors (Lipinski definition) is 2. The van der Waals surface area contributed by atoms with Gasteiger partial charge in [0.1, 0.15) is 5.82 Å². The first-order valence-electron chi connectivity index (χ1n) is 8.39. The zero-order chi connectivity index (χ0) is 17.4. The van der Waals surface area contributed by atoms with E-state index in [-0.39, 0.29) is 12.3 Å². The smallest absolute Gasteiger partial charge is 0.305 e. The van der Waals surface area contributed by atoms with Crippen LogP contribution < -0.4 is 5.32 Å². The van der Waals surface area contributed by atoms with Gasteiger partial charge < -0.3 is 15.2 Å². The Balaban J connectivity index is 1.82. The van der Waals surface area contributed by atoms with Gasteiger partial charge in [-0.3, -0.25) is 9.59 Å². The highest BCUT2D eigenvalue weighted by atomic mass is 19.1. The summed E-state index contributed by atoms with van der Waals surface area (Å²) < 4.78 is 18.3. The summed E-state index contributed by atoms with van der Waals surface area (Å²) in [5.41, 5.74) is 0.594. The van der Waals surface area contributed by atoms with Crippen molar-refractivity contribution in [2.75, 3.05) is 13.2 Å². The van der Waals surface area contributed by atoms with E-state index in [2.05, 4.69) is 5.32 Å². The number of carboxylic acid groups (broad SMARTS) is 1. The summed E-state index contributed by atoms with van der Waals surface area (Å²) in [5.74, 6) is -0.960. The number of rotatable bonds is 8. The molecule has 132 valence electrons. The van der Waals surface area contributed by atoms with Crippen LogP contribution in [0.2, 0.25) is 0 Å². The van der Waals surface area contributed by atoms with Crippen molar-refractivity contribution in [3.63, 3.8) is 0 Å². The number of amides is 1. The Bertz CT molecular complexity index is 540. The molecule has 6 heteroatoms. The maximum absolute atomic E-state index is 13.0. The first-order chi connectivity index (χ1) is 11.5. The molecule has 0 saturated carbocycles. The monoisotopic (exact) mass is 337 g/mol. The largest absolute Gasteiger partial charge is 0.481 e. The van der Waals surface area contributed by atoms with Gasteiger partial charge in [0.2, 0.25) is 5.91 Å². The van der Waals surface area contributed by atoms with Gasteiger partial charge in [-0.1, -0.05) is 12.1 Å². The number of benzene rings is 1. The van der Waals surface area contributed by atoms with Crippen molar-refractivity contribution in [2.24, 2.45) is 5.92 Å². The lowest BCUT2D eigenvalue weighted by atomic mass is 9.94. The number of aliphatic carboxylic acids is 1. The summed E-state index contributed by atoms with van der Waals surface area (Å²) in [4.78, 5) is 23.1. The third-order valence-corrected chi connectivity index (χ3v) is 4.34. The van der Waals surface area contributed by atoms with E-state index in [1.165, 1.54) is 24.3 Å².